The summed E-state index contributed by atoms with van der Waals surface area (Å²) in [5.74, 6) is 0.340. The van der Waals surface area contributed by atoms with Crippen LogP contribution in [0, 0.1) is 0 Å². The minimum Gasteiger partial charge on any atom is -0.343 e. The Kier molecular flexibility index (Phi) is 8.49. The molecule has 0 spiro atoms. The molecule has 0 radical (unpaired) electrons. The number of carbonyl (C=O) groups excluding carboxylic acids is 1. The number of piperidine rings is 1. The number of likely N-dealkylation sites (tertiary alicyclic amines) is 1. The minimum absolute atomic E-state index is 0.285. The molecule has 0 aromatic carbocycles. The van der Waals surface area contributed by atoms with Crippen molar-refractivity contribution in [1.29, 1.82) is 0 Å². The van der Waals surface area contributed by atoms with Gasteiger partial charge < -0.3 is 4.90 Å². The van der Waals surface area contributed by atoms with Crippen LogP contribution in [-0.4, -0.2) is 29.3 Å². The Balaban J connectivity index is 1.96. The highest BCUT2D eigenvalue weighted by Crippen LogP contribution is 2.17. The number of hydrogen-bond acceptors (Lipinski definition) is 1. The van der Waals surface area contributed by atoms with Gasteiger partial charge in [0.1, 0.15) is 0 Å². The van der Waals surface area contributed by atoms with Crippen LogP contribution in [0.25, 0.3) is 0 Å². The van der Waals surface area contributed by atoms with Crippen LogP contribution in [0.3, 0.4) is 0 Å². The third kappa shape index (κ3) is 6.63. The predicted molar refractivity (Wildman–Crippen MR) is 78.1 cm³/mol. The lowest BCUT2D eigenvalue weighted by molar-refractivity contribution is -0.132. The summed E-state index contributed by atoms with van der Waals surface area (Å²) in [6.45, 7) is 3.97. The van der Waals surface area contributed by atoms with Gasteiger partial charge in [-0.05, 0) is 19.3 Å². The molecule has 0 saturated carbocycles. The summed E-state index contributed by atoms with van der Waals surface area (Å²) in [6, 6.07) is 0. The minimum atomic E-state index is 0.285. The monoisotopic (exact) mass is 273 g/mol. The summed E-state index contributed by atoms with van der Waals surface area (Å²) in [5.41, 5.74) is 0. The Labute approximate surface area is 117 Å². The Hall–Kier alpha value is -0.240. The lowest BCUT2D eigenvalue weighted by Gasteiger charge is -2.29. The van der Waals surface area contributed by atoms with Gasteiger partial charge in [0.05, 0.1) is 0 Å². The van der Waals surface area contributed by atoms with Crippen LogP contribution >= 0.6 is 11.6 Å². The fourth-order valence-corrected chi connectivity index (χ4v) is 2.68. The molecular formula is C15H28ClNO. The summed E-state index contributed by atoms with van der Waals surface area (Å²) in [7, 11) is 0. The SMILES string of the molecule is CCCCCCCCCC(=O)N1CCC(Cl)CC1. The quantitative estimate of drug-likeness (QED) is 0.475. The second-order valence-electron chi connectivity index (χ2n) is 5.43. The highest BCUT2D eigenvalue weighted by atomic mass is 35.5. The smallest absolute Gasteiger partial charge is 0.222 e. The van der Waals surface area contributed by atoms with E-state index in [-0.39, 0.29) is 5.38 Å². The molecule has 106 valence electrons. The highest BCUT2D eigenvalue weighted by Gasteiger charge is 2.20. The molecule has 0 aromatic heterocycles. The van der Waals surface area contributed by atoms with Crippen LogP contribution in [-0.2, 0) is 4.79 Å². The fraction of sp³-hybridized carbons (Fsp3) is 0.933. The maximum absolute atomic E-state index is 11.9. The summed E-state index contributed by atoms with van der Waals surface area (Å²) in [6.07, 6.45) is 11.6. The molecule has 1 saturated heterocycles. The number of nitrogens with zero attached hydrogens (tertiary/aromatic N) is 1. The number of amides is 1. The van der Waals surface area contributed by atoms with Crippen LogP contribution in [0.4, 0.5) is 0 Å². The number of unbranched alkanes of at least 4 members (excludes halogenated alkanes) is 6. The first-order valence-electron chi connectivity index (χ1n) is 7.66. The second kappa shape index (κ2) is 9.66. The topological polar surface area (TPSA) is 20.3 Å². The molecule has 1 rings (SSSR count). The lowest BCUT2D eigenvalue weighted by atomic mass is 10.1. The van der Waals surface area contributed by atoms with Crippen molar-refractivity contribution in [2.75, 3.05) is 13.1 Å². The maximum atomic E-state index is 11.9. The lowest BCUT2D eigenvalue weighted by Crippen LogP contribution is -2.38. The zero-order chi connectivity index (χ0) is 13.2. The van der Waals surface area contributed by atoms with E-state index in [1.54, 1.807) is 0 Å². The van der Waals surface area contributed by atoms with Crippen molar-refractivity contribution in [3.05, 3.63) is 0 Å². The van der Waals surface area contributed by atoms with Crippen LogP contribution in [0.1, 0.15) is 71.1 Å². The van der Waals surface area contributed by atoms with Gasteiger partial charge in [-0.15, -0.1) is 11.6 Å². The van der Waals surface area contributed by atoms with Crippen LogP contribution < -0.4 is 0 Å². The number of rotatable bonds is 8. The Morgan fingerprint density at radius 2 is 1.61 bits per heavy atom. The molecule has 2 nitrogen and oxygen atoms in total. The molecule has 0 N–H and O–H groups in total. The molecule has 1 aliphatic rings. The molecule has 0 unspecified atom stereocenters. The number of hydrogen-bond donors (Lipinski definition) is 0. The normalized spacial score (nSPS) is 17.1. The summed E-state index contributed by atoms with van der Waals surface area (Å²) in [5, 5.41) is 0.285. The van der Waals surface area contributed by atoms with Gasteiger partial charge in [0.2, 0.25) is 5.91 Å². The highest BCUT2D eigenvalue weighted by molar-refractivity contribution is 6.20. The van der Waals surface area contributed by atoms with Crippen molar-refractivity contribution in [1.82, 2.24) is 4.90 Å². The Morgan fingerprint density at radius 1 is 1.06 bits per heavy atom. The van der Waals surface area contributed by atoms with Gasteiger partial charge in [0, 0.05) is 24.9 Å². The molecule has 1 fully saturated rings. The van der Waals surface area contributed by atoms with Crippen molar-refractivity contribution in [3.63, 3.8) is 0 Å². The fourth-order valence-electron chi connectivity index (χ4n) is 2.49. The van der Waals surface area contributed by atoms with Crippen molar-refractivity contribution in [2.45, 2.75) is 76.5 Å². The molecular weight excluding hydrogens is 246 g/mol. The molecule has 1 aliphatic heterocycles. The van der Waals surface area contributed by atoms with E-state index in [4.69, 9.17) is 11.6 Å². The first-order valence-corrected chi connectivity index (χ1v) is 8.09. The molecule has 1 heterocycles. The molecule has 0 bridgehead atoms. The predicted octanol–water partition coefficient (Wildman–Crippen LogP) is 4.36. The second-order valence-corrected chi connectivity index (χ2v) is 6.04. The van der Waals surface area contributed by atoms with E-state index < -0.39 is 0 Å². The Bertz CT molecular complexity index is 225. The zero-order valence-corrected chi connectivity index (χ0v) is 12.6. The first-order chi connectivity index (χ1) is 8.74. The van der Waals surface area contributed by atoms with Crippen LogP contribution in [0.5, 0.6) is 0 Å². The van der Waals surface area contributed by atoms with Crippen molar-refractivity contribution in [2.24, 2.45) is 0 Å². The summed E-state index contributed by atoms with van der Waals surface area (Å²) < 4.78 is 0. The number of alkyl halides is 1. The van der Waals surface area contributed by atoms with Gasteiger partial charge >= 0.3 is 0 Å². The van der Waals surface area contributed by atoms with Gasteiger partial charge in [0.25, 0.3) is 0 Å². The molecule has 18 heavy (non-hydrogen) atoms. The van der Waals surface area contributed by atoms with Gasteiger partial charge in [-0.2, -0.15) is 0 Å². The van der Waals surface area contributed by atoms with Gasteiger partial charge in [-0.1, -0.05) is 45.4 Å². The van der Waals surface area contributed by atoms with Gasteiger partial charge in [-0.25, -0.2) is 0 Å². The number of carbonyl (C=O) groups is 1. The van der Waals surface area contributed by atoms with Crippen LogP contribution in [0.15, 0.2) is 0 Å². The maximum Gasteiger partial charge on any atom is 0.222 e. The van der Waals surface area contributed by atoms with E-state index in [1.807, 2.05) is 4.90 Å². The Morgan fingerprint density at radius 3 is 2.22 bits per heavy atom. The third-order valence-corrected chi connectivity index (χ3v) is 4.21. The average Bonchev–Trinajstić information content (AvgIpc) is 2.38. The van der Waals surface area contributed by atoms with E-state index in [1.165, 1.54) is 38.5 Å². The van der Waals surface area contributed by atoms with Crippen molar-refractivity contribution in [3.8, 4) is 0 Å². The van der Waals surface area contributed by atoms with Crippen molar-refractivity contribution >= 4 is 17.5 Å². The molecule has 3 heteroatoms. The van der Waals surface area contributed by atoms with Gasteiger partial charge in [0.15, 0.2) is 0 Å². The van der Waals surface area contributed by atoms with E-state index in [2.05, 4.69) is 6.92 Å². The summed E-state index contributed by atoms with van der Waals surface area (Å²) >= 11 is 6.04. The molecule has 0 aromatic rings. The standard InChI is InChI=1S/C15H28ClNO/c1-2-3-4-5-6-7-8-9-15(18)17-12-10-14(16)11-13-17/h14H,2-13H2,1H3. The molecule has 0 atom stereocenters. The largest absolute Gasteiger partial charge is 0.343 e. The summed E-state index contributed by atoms with van der Waals surface area (Å²) in [4.78, 5) is 13.9. The zero-order valence-electron chi connectivity index (χ0n) is 11.8. The van der Waals surface area contributed by atoms with E-state index in [9.17, 15) is 4.79 Å². The number of halogens is 1. The van der Waals surface area contributed by atoms with E-state index in [0.717, 1.165) is 38.8 Å². The average molecular weight is 274 g/mol. The van der Waals surface area contributed by atoms with Gasteiger partial charge in [-0.3, -0.25) is 4.79 Å². The first kappa shape index (κ1) is 15.8. The molecule has 1 amide bonds. The third-order valence-electron chi connectivity index (χ3n) is 3.77. The van der Waals surface area contributed by atoms with E-state index in [0.29, 0.717) is 5.91 Å². The van der Waals surface area contributed by atoms with E-state index >= 15 is 0 Å². The molecule has 0 aliphatic carbocycles. The van der Waals surface area contributed by atoms with Crippen LogP contribution in [0.2, 0.25) is 0 Å². The van der Waals surface area contributed by atoms with Crippen molar-refractivity contribution < 1.29 is 4.79 Å².